The zero-order valence-corrected chi connectivity index (χ0v) is 12.4. The van der Waals surface area contributed by atoms with Gasteiger partial charge in [0.25, 0.3) is 11.6 Å². The molecule has 2 N–H and O–H groups in total. The summed E-state index contributed by atoms with van der Waals surface area (Å²) in [4.78, 5) is 33.3. The van der Waals surface area contributed by atoms with Crippen LogP contribution in [0.1, 0.15) is 17.3 Å². The van der Waals surface area contributed by atoms with Crippen molar-refractivity contribution < 1.29 is 14.5 Å². The Kier molecular flexibility index (Phi) is 5.03. The monoisotopic (exact) mass is 317 g/mol. The molecule has 0 aliphatic heterocycles. The van der Waals surface area contributed by atoms with Crippen LogP contribution in [-0.4, -0.2) is 39.6 Å². The molecule has 1 aromatic carbocycles. The van der Waals surface area contributed by atoms with Crippen LogP contribution in [-0.2, 0) is 4.79 Å². The molecule has 2 rings (SSSR count). The van der Waals surface area contributed by atoms with Crippen molar-refractivity contribution in [2.75, 3.05) is 13.1 Å². The molecule has 0 atom stereocenters. The van der Waals surface area contributed by atoms with Crippen molar-refractivity contribution in [3.63, 3.8) is 0 Å². The number of non-ortho nitro benzene ring substituents is 1. The number of carbonyl (C=O) groups excluding carboxylic acids is 2. The molecule has 0 unspecified atom stereocenters. The second kappa shape index (κ2) is 7.16. The first-order valence-corrected chi connectivity index (χ1v) is 6.85. The van der Waals surface area contributed by atoms with Crippen LogP contribution in [0.25, 0.3) is 5.69 Å². The molecule has 0 aliphatic rings. The van der Waals surface area contributed by atoms with E-state index in [1.165, 1.54) is 41.3 Å². The third kappa shape index (κ3) is 4.13. The zero-order valence-electron chi connectivity index (χ0n) is 12.4. The molecule has 0 spiro atoms. The molecule has 1 heterocycles. The van der Waals surface area contributed by atoms with Gasteiger partial charge in [0, 0.05) is 24.9 Å². The normalized spacial score (nSPS) is 10.1. The highest BCUT2D eigenvalue weighted by Crippen LogP contribution is 2.15. The van der Waals surface area contributed by atoms with Crippen LogP contribution in [0, 0.1) is 10.1 Å². The first-order chi connectivity index (χ1) is 11.0. The number of aromatic nitrogens is 2. The summed E-state index contributed by atoms with van der Waals surface area (Å²) in [5.74, 6) is -0.701. The summed E-state index contributed by atoms with van der Waals surface area (Å²) >= 11 is 0. The van der Waals surface area contributed by atoms with Crippen LogP contribution in [0.2, 0.25) is 0 Å². The van der Waals surface area contributed by atoms with Gasteiger partial charge >= 0.3 is 0 Å². The summed E-state index contributed by atoms with van der Waals surface area (Å²) in [5.41, 5.74) is 0.840. The lowest BCUT2D eigenvalue weighted by molar-refractivity contribution is -0.384. The number of nitrogens with zero attached hydrogens (tertiary/aromatic N) is 3. The SMILES string of the molecule is CCNC(=O)CNC(=O)c1cnn(-c2ccc([N+](=O)[O-])cc2)c1. The molecule has 1 aromatic heterocycles. The van der Waals surface area contributed by atoms with E-state index in [0.29, 0.717) is 12.2 Å². The average Bonchev–Trinajstić information content (AvgIpc) is 3.03. The van der Waals surface area contributed by atoms with Gasteiger partial charge in [0.1, 0.15) is 0 Å². The van der Waals surface area contributed by atoms with E-state index in [2.05, 4.69) is 15.7 Å². The van der Waals surface area contributed by atoms with E-state index in [0.717, 1.165) is 0 Å². The van der Waals surface area contributed by atoms with Gasteiger partial charge in [-0.3, -0.25) is 19.7 Å². The lowest BCUT2D eigenvalue weighted by Gasteiger charge is -2.03. The number of nitro groups is 1. The predicted molar refractivity (Wildman–Crippen MR) is 81.2 cm³/mol. The molecule has 2 amide bonds. The number of hydrogen-bond acceptors (Lipinski definition) is 5. The molecule has 9 heteroatoms. The number of rotatable bonds is 6. The van der Waals surface area contributed by atoms with Gasteiger partial charge in [-0.15, -0.1) is 0 Å². The van der Waals surface area contributed by atoms with Gasteiger partial charge in [-0.05, 0) is 19.1 Å². The minimum atomic E-state index is -0.493. The molecule has 0 radical (unpaired) electrons. The smallest absolute Gasteiger partial charge is 0.269 e. The number of nitrogens with one attached hydrogen (secondary N) is 2. The van der Waals surface area contributed by atoms with Crippen molar-refractivity contribution in [1.29, 1.82) is 0 Å². The summed E-state index contributed by atoms with van der Waals surface area (Å²) in [6.07, 6.45) is 2.84. The van der Waals surface area contributed by atoms with Gasteiger partial charge in [0.05, 0.1) is 28.9 Å². The number of benzene rings is 1. The number of carbonyl (C=O) groups is 2. The molecule has 0 saturated heterocycles. The summed E-state index contributed by atoms with van der Waals surface area (Å²) in [5, 5.41) is 19.7. The van der Waals surface area contributed by atoms with Crippen LogP contribution in [0.4, 0.5) is 5.69 Å². The van der Waals surface area contributed by atoms with E-state index in [4.69, 9.17) is 0 Å². The van der Waals surface area contributed by atoms with Crippen LogP contribution in [0.3, 0.4) is 0 Å². The second-order valence-corrected chi connectivity index (χ2v) is 4.58. The topological polar surface area (TPSA) is 119 Å². The fraction of sp³-hybridized carbons (Fsp3) is 0.214. The third-order valence-corrected chi connectivity index (χ3v) is 2.95. The Morgan fingerprint density at radius 1 is 1.26 bits per heavy atom. The lowest BCUT2D eigenvalue weighted by Crippen LogP contribution is -2.36. The molecule has 23 heavy (non-hydrogen) atoms. The van der Waals surface area contributed by atoms with Crippen LogP contribution < -0.4 is 10.6 Å². The summed E-state index contributed by atoms with van der Waals surface area (Å²) in [6, 6.07) is 5.76. The Morgan fingerprint density at radius 3 is 2.57 bits per heavy atom. The Morgan fingerprint density at radius 2 is 1.96 bits per heavy atom. The quantitative estimate of drug-likeness (QED) is 0.598. The molecule has 2 aromatic rings. The highest BCUT2D eigenvalue weighted by molar-refractivity contribution is 5.96. The second-order valence-electron chi connectivity index (χ2n) is 4.58. The van der Waals surface area contributed by atoms with E-state index >= 15 is 0 Å². The van der Waals surface area contributed by atoms with E-state index in [1.807, 2.05) is 0 Å². The number of likely N-dealkylation sites (N-methyl/N-ethyl adjacent to an activating group) is 1. The number of nitro benzene ring substituents is 1. The lowest BCUT2D eigenvalue weighted by atomic mass is 10.3. The first kappa shape index (κ1) is 16.1. The predicted octanol–water partition coefficient (Wildman–Crippen LogP) is 0.646. The maximum absolute atomic E-state index is 11.9. The number of hydrogen-bond donors (Lipinski definition) is 2. The largest absolute Gasteiger partial charge is 0.355 e. The molecule has 0 aliphatic carbocycles. The van der Waals surface area contributed by atoms with Crippen LogP contribution in [0.5, 0.6) is 0 Å². The molecular formula is C14H15N5O4. The minimum Gasteiger partial charge on any atom is -0.355 e. The fourth-order valence-corrected chi connectivity index (χ4v) is 1.83. The van der Waals surface area contributed by atoms with Crippen molar-refractivity contribution in [3.8, 4) is 5.69 Å². The first-order valence-electron chi connectivity index (χ1n) is 6.85. The van der Waals surface area contributed by atoms with E-state index < -0.39 is 10.8 Å². The third-order valence-electron chi connectivity index (χ3n) is 2.95. The Bertz CT molecular complexity index is 723. The maximum Gasteiger partial charge on any atom is 0.269 e. The zero-order chi connectivity index (χ0) is 16.8. The summed E-state index contributed by atoms with van der Waals surface area (Å²) in [6.45, 7) is 2.16. The van der Waals surface area contributed by atoms with Gasteiger partial charge in [-0.2, -0.15) is 5.10 Å². The van der Waals surface area contributed by atoms with Crippen molar-refractivity contribution in [3.05, 3.63) is 52.3 Å². The van der Waals surface area contributed by atoms with Crippen molar-refractivity contribution in [2.45, 2.75) is 6.92 Å². The van der Waals surface area contributed by atoms with Crippen LogP contribution in [0.15, 0.2) is 36.7 Å². The highest BCUT2D eigenvalue weighted by Gasteiger charge is 2.11. The summed E-state index contributed by atoms with van der Waals surface area (Å²) < 4.78 is 1.42. The van der Waals surface area contributed by atoms with Crippen LogP contribution >= 0.6 is 0 Å². The Labute approximate surface area is 131 Å². The molecule has 0 saturated carbocycles. The van der Waals surface area contributed by atoms with Gasteiger partial charge in [0.2, 0.25) is 5.91 Å². The summed E-state index contributed by atoms with van der Waals surface area (Å²) in [7, 11) is 0. The maximum atomic E-state index is 11.9. The number of amides is 2. The molecule has 0 fully saturated rings. The highest BCUT2D eigenvalue weighted by atomic mass is 16.6. The van der Waals surface area contributed by atoms with Gasteiger partial charge < -0.3 is 10.6 Å². The van der Waals surface area contributed by atoms with Gasteiger partial charge in [-0.25, -0.2) is 4.68 Å². The molecule has 9 nitrogen and oxygen atoms in total. The van der Waals surface area contributed by atoms with E-state index in [9.17, 15) is 19.7 Å². The van der Waals surface area contributed by atoms with E-state index in [1.54, 1.807) is 6.92 Å². The van der Waals surface area contributed by atoms with Crippen molar-refractivity contribution >= 4 is 17.5 Å². The van der Waals surface area contributed by atoms with Crippen molar-refractivity contribution in [1.82, 2.24) is 20.4 Å². The Balaban J connectivity index is 2.03. The fourth-order valence-electron chi connectivity index (χ4n) is 1.83. The molecular weight excluding hydrogens is 302 g/mol. The van der Waals surface area contributed by atoms with Gasteiger partial charge in [-0.1, -0.05) is 0 Å². The average molecular weight is 317 g/mol. The Hall–Kier alpha value is -3.23. The standard InChI is InChI=1S/C14H15N5O4/c1-2-15-13(20)8-16-14(21)10-7-17-18(9-10)11-3-5-12(6-4-11)19(22)23/h3-7,9H,2,8H2,1H3,(H,15,20)(H,16,21). The van der Waals surface area contributed by atoms with Gasteiger partial charge in [0.15, 0.2) is 0 Å². The van der Waals surface area contributed by atoms with Crippen molar-refractivity contribution in [2.24, 2.45) is 0 Å². The van der Waals surface area contributed by atoms with E-state index in [-0.39, 0.29) is 23.7 Å². The molecule has 120 valence electrons. The molecule has 0 bridgehead atoms. The minimum absolute atomic E-state index is 0.0270.